The first-order valence-electron chi connectivity index (χ1n) is 15.6. The number of rotatable bonds is 8. The van der Waals surface area contributed by atoms with Gasteiger partial charge in [0.2, 0.25) is 11.8 Å². The molecule has 0 bridgehead atoms. The molecule has 6 heteroatoms. The van der Waals surface area contributed by atoms with Gasteiger partial charge in [0.1, 0.15) is 0 Å². The van der Waals surface area contributed by atoms with Crippen molar-refractivity contribution in [2.75, 3.05) is 13.1 Å². The summed E-state index contributed by atoms with van der Waals surface area (Å²) in [6.07, 6.45) is 6.69. The predicted molar refractivity (Wildman–Crippen MR) is 168 cm³/mol. The third kappa shape index (κ3) is 8.86. The van der Waals surface area contributed by atoms with Crippen molar-refractivity contribution in [3.63, 3.8) is 0 Å². The maximum Gasteiger partial charge on any atom is 0.224 e. The van der Waals surface area contributed by atoms with Crippen molar-refractivity contribution in [1.29, 1.82) is 0 Å². The van der Waals surface area contributed by atoms with Crippen molar-refractivity contribution < 1.29 is 19.2 Å². The van der Waals surface area contributed by atoms with Gasteiger partial charge in [-0.25, -0.2) is 0 Å². The summed E-state index contributed by atoms with van der Waals surface area (Å²) in [7, 11) is 0. The Balaban J connectivity index is 0.000000230. The minimum Gasteiger partial charge on any atom is -0.348 e. The third-order valence-electron chi connectivity index (χ3n) is 9.39. The van der Waals surface area contributed by atoms with E-state index in [4.69, 9.17) is 0 Å². The summed E-state index contributed by atoms with van der Waals surface area (Å²) >= 11 is 0. The average Bonchev–Trinajstić information content (AvgIpc) is 2.95. The number of hydrogen-bond acceptors (Lipinski definition) is 4. The van der Waals surface area contributed by atoms with E-state index in [1.165, 1.54) is 12.8 Å². The SMILES string of the molecule is CC1CCCC(C)(C)C1C(=O)NCC(=O)c1ccccc1.CC1CCCC(C)(C)[C@H]1C(=O)NCC(=O)c1ccccc1. The van der Waals surface area contributed by atoms with E-state index in [2.05, 4.69) is 52.2 Å². The fourth-order valence-corrected chi connectivity index (χ4v) is 7.18. The van der Waals surface area contributed by atoms with Crippen LogP contribution in [0.3, 0.4) is 0 Å². The molecule has 2 N–H and O–H groups in total. The first-order chi connectivity index (χ1) is 19.8. The molecule has 0 heterocycles. The van der Waals surface area contributed by atoms with Gasteiger partial charge < -0.3 is 10.6 Å². The van der Waals surface area contributed by atoms with E-state index in [1.54, 1.807) is 24.3 Å². The standard InChI is InChI=1S/2C18H25NO2/c2*1-13-8-7-11-18(2,3)16(13)17(21)19-12-15(20)14-9-5-4-6-10-14/h2*4-6,9-10,13,16H,7-8,11-12H2,1-3H3,(H,19,21)/t13?,16-;/m1./s1. The van der Waals surface area contributed by atoms with Crippen LogP contribution in [0.15, 0.2) is 60.7 Å². The van der Waals surface area contributed by atoms with Crippen LogP contribution in [0, 0.1) is 34.5 Å². The molecule has 2 amide bonds. The molecule has 2 aliphatic carbocycles. The minimum absolute atomic E-state index is 0.00479. The van der Waals surface area contributed by atoms with Crippen LogP contribution >= 0.6 is 0 Å². The number of Topliss-reactive ketones (excluding diaryl/α,β-unsaturated/α-hetero) is 2. The summed E-state index contributed by atoms with van der Waals surface area (Å²) in [5.74, 6) is 0.717. The Morgan fingerprint density at radius 1 is 0.619 bits per heavy atom. The van der Waals surface area contributed by atoms with Crippen LogP contribution < -0.4 is 10.6 Å². The van der Waals surface area contributed by atoms with Gasteiger partial charge in [0.15, 0.2) is 11.6 Å². The highest BCUT2D eigenvalue weighted by Gasteiger charge is 2.42. The normalized spacial score (nSPS) is 24.3. The highest BCUT2D eigenvalue weighted by atomic mass is 16.2. The van der Waals surface area contributed by atoms with E-state index in [1.807, 2.05) is 36.4 Å². The fraction of sp³-hybridized carbons (Fsp3) is 0.556. The number of ketones is 2. The maximum atomic E-state index is 12.5. The molecule has 6 nitrogen and oxygen atoms in total. The largest absolute Gasteiger partial charge is 0.348 e. The Kier molecular flexibility index (Phi) is 11.7. The molecule has 42 heavy (non-hydrogen) atoms. The lowest BCUT2D eigenvalue weighted by molar-refractivity contribution is -0.133. The van der Waals surface area contributed by atoms with E-state index in [-0.39, 0.29) is 59.1 Å². The second-order valence-electron chi connectivity index (χ2n) is 13.7. The first-order valence-corrected chi connectivity index (χ1v) is 15.6. The molecule has 0 aliphatic heterocycles. The molecule has 3 unspecified atom stereocenters. The summed E-state index contributed by atoms with van der Waals surface area (Å²) in [6.45, 7) is 13.1. The van der Waals surface area contributed by atoms with E-state index < -0.39 is 0 Å². The van der Waals surface area contributed by atoms with E-state index in [0.717, 1.165) is 25.7 Å². The molecule has 2 aliphatic rings. The quantitative estimate of drug-likeness (QED) is 0.336. The summed E-state index contributed by atoms with van der Waals surface area (Å²) in [5, 5.41) is 5.70. The Morgan fingerprint density at radius 2 is 0.952 bits per heavy atom. The molecule has 0 aromatic heterocycles. The summed E-state index contributed by atoms with van der Waals surface area (Å²) in [5.41, 5.74) is 1.32. The molecular formula is C36H50N2O4. The van der Waals surface area contributed by atoms with Crippen LogP contribution in [0.2, 0.25) is 0 Å². The van der Waals surface area contributed by atoms with Crippen LogP contribution in [0.25, 0.3) is 0 Å². The van der Waals surface area contributed by atoms with Crippen molar-refractivity contribution in [1.82, 2.24) is 10.6 Å². The molecule has 2 fully saturated rings. The molecular weight excluding hydrogens is 524 g/mol. The van der Waals surface area contributed by atoms with Crippen molar-refractivity contribution in [2.24, 2.45) is 34.5 Å². The Morgan fingerprint density at radius 3 is 1.26 bits per heavy atom. The summed E-state index contributed by atoms with van der Waals surface area (Å²) < 4.78 is 0. The van der Waals surface area contributed by atoms with E-state index in [9.17, 15) is 19.2 Å². The number of nitrogens with one attached hydrogen (secondary N) is 2. The van der Waals surface area contributed by atoms with Gasteiger partial charge >= 0.3 is 0 Å². The van der Waals surface area contributed by atoms with Gasteiger partial charge in [-0.3, -0.25) is 19.2 Å². The summed E-state index contributed by atoms with van der Waals surface area (Å²) in [4.78, 5) is 49.1. The molecule has 0 radical (unpaired) electrons. The molecule has 2 saturated carbocycles. The smallest absolute Gasteiger partial charge is 0.224 e. The van der Waals surface area contributed by atoms with Crippen LogP contribution in [0.5, 0.6) is 0 Å². The first kappa shape index (κ1) is 33.2. The lowest BCUT2D eigenvalue weighted by Crippen LogP contribution is -2.46. The van der Waals surface area contributed by atoms with Crippen molar-refractivity contribution in [3.8, 4) is 0 Å². The molecule has 2 aromatic carbocycles. The molecule has 4 rings (SSSR count). The number of carbonyl (C=O) groups is 4. The van der Waals surface area contributed by atoms with Crippen molar-refractivity contribution >= 4 is 23.4 Å². The highest BCUT2D eigenvalue weighted by Crippen LogP contribution is 2.44. The van der Waals surface area contributed by atoms with Crippen molar-refractivity contribution in [2.45, 2.75) is 80.1 Å². The number of carbonyl (C=O) groups excluding carboxylic acids is 4. The second kappa shape index (κ2) is 14.8. The Hall–Kier alpha value is -3.28. The minimum atomic E-state index is -0.0368. The number of hydrogen-bond donors (Lipinski definition) is 2. The molecule has 0 spiro atoms. The third-order valence-corrected chi connectivity index (χ3v) is 9.39. The van der Waals surface area contributed by atoms with Gasteiger partial charge in [0.25, 0.3) is 0 Å². The van der Waals surface area contributed by atoms with Gasteiger partial charge in [-0.15, -0.1) is 0 Å². The average molecular weight is 575 g/mol. The number of benzene rings is 2. The Bertz CT molecular complexity index is 1110. The monoisotopic (exact) mass is 574 g/mol. The van der Waals surface area contributed by atoms with Crippen molar-refractivity contribution in [3.05, 3.63) is 71.8 Å². The lowest BCUT2D eigenvalue weighted by Gasteiger charge is -2.41. The van der Waals surface area contributed by atoms with E-state index in [0.29, 0.717) is 23.0 Å². The van der Waals surface area contributed by atoms with Gasteiger partial charge in [-0.05, 0) is 48.3 Å². The highest BCUT2D eigenvalue weighted by molar-refractivity contribution is 6.00. The summed E-state index contributed by atoms with van der Waals surface area (Å²) in [6, 6.07) is 18.2. The second-order valence-corrected chi connectivity index (χ2v) is 13.7. The zero-order valence-electron chi connectivity index (χ0n) is 26.4. The van der Waals surface area contributed by atoms with Gasteiger partial charge in [0, 0.05) is 23.0 Å². The van der Waals surface area contributed by atoms with Crippen LogP contribution in [0.1, 0.15) is 101 Å². The lowest BCUT2D eigenvalue weighted by atomic mass is 9.64. The van der Waals surface area contributed by atoms with Crippen LogP contribution in [-0.2, 0) is 9.59 Å². The topological polar surface area (TPSA) is 92.3 Å². The zero-order chi connectivity index (χ0) is 30.9. The Labute approximate surface area is 252 Å². The molecule has 2 aromatic rings. The molecule has 0 saturated heterocycles. The van der Waals surface area contributed by atoms with Gasteiger partial charge in [0.05, 0.1) is 13.1 Å². The molecule has 228 valence electrons. The van der Waals surface area contributed by atoms with Crippen LogP contribution in [-0.4, -0.2) is 36.5 Å². The van der Waals surface area contributed by atoms with Crippen LogP contribution in [0.4, 0.5) is 0 Å². The number of amides is 2. The zero-order valence-corrected chi connectivity index (χ0v) is 26.4. The van der Waals surface area contributed by atoms with E-state index >= 15 is 0 Å². The fourth-order valence-electron chi connectivity index (χ4n) is 7.18. The van der Waals surface area contributed by atoms with Gasteiger partial charge in [-0.2, -0.15) is 0 Å². The predicted octanol–water partition coefficient (Wildman–Crippen LogP) is 6.90. The molecule has 4 atom stereocenters. The maximum absolute atomic E-state index is 12.5. The van der Waals surface area contributed by atoms with Gasteiger partial charge in [-0.1, -0.05) is 115 Å².